The number of hydrazine groups is 1. The largest absolute Gasteiger partial charge is 0.460 e. The molecule has 8 rings (SSSR count). The summed E-state index contributed by atoms with van der Waals surface area (Å²) in [5.41, 5.74) is 6.17. The second-order valence-corrected chi connectivity index (χ2v) is 9.80. The number of anilines is 1. The summed E-state index contributed by atoms with van der Waals surface area (Å²) in [6.45, 7) is 2.62. The lowest BCUT2D eigenvalue weighted by Gasteiger charge is -2.34. The Kier molecular flexibility index (Phi) is 3.53. The lowest BCUT2D eigenvalue weighted by molar-refractivity contribution is -0.255. The number of fused-ring (bicyclic) bond motifs is 4. The second-order valence-electron chi connectivity index (χ2n) is 8.91. The molecule has 0 saturated heterocycles. The lowest BCUT2D eigenvalue weighted by Crippen LogP contribution is -2.45. The minimum atomic E-state index is -0.385. The molecule has 1 aromatic carbocycles. The molecule has 0 N–H and O–H groups in total. The van der Waals surface area contributed by atoms with Gasteiger partial charge in [-0.3, -0.25) is 0 Å². The fourth-order valence-electron chi connectivity index (χ4n) is 5.73. The molecule has 4 aromatic rings. The highest BCUT2D eigenvalue weighted by Crippen LogP contribution is 2.52. The fraction of sp³-hybridized carbons (Fsp3) is 0.292. The summed E-state index contributed by atoms with van der Waals surface area (Å²) in [7, 11) is 0. The molecular formula is C24H20N6O2S. The fourth-order valence-corrected chi connectivity index (χ4v) is 6.47. The SMILES string of the molecule is Cc1nccn1-c1cc2c3c4c1OC(C4)ON(C2)N(c1ncc2ccsc2n1)C1=CCCC13. The van der Waals surface area contributed by atoms with E-state index >= 15 is 0 Å². The van der Waals surface area contributed by atoms with Gasteiger partial charge >= 0.3 is 0 Å². The quantitative estimate of drug-likeness (QED) is 0.443. The number of hydrogen-bond acceptors (Lipinski definition) is 8. The van der Waals surface area contributed by atoms with Crippen molar-refractivity contribution in [2.45, 2.75) is 44.9 Å². The van der Waals surface area contributed by atoms with E-state index in [1.54, 1.807) is 11.3 Å². The summed E-state index contributed by atoms with van der Waals surface area (Å²) in [5.74, 6) is 2.78. The first-order valence-corrected chi connectivity index (χ1v) is 12.1. The number of aromatic nitrogens is 4. The predicted molar refractivity (Wildman–Crippen MR) is 123 cm³/mol. The Morgan fingerprint density at radius 2 is 2.21 bits per heavy atom. The standard InChI is InChI=1S/C24H20N6O2S/c1-13-25-6-7-28(13)19-9-15-12-29-30(24-26-11-14-5-8-33-23(14)27-24)18-4-2-3-16(18)21(15)17-10-20(32-29)31-22(17)19/h4-9,11,16,20H,2-3,10,12H2,1H3. The van der Waals surface area contributed by atoms with E-state index in [2.05, 4.69) is 38.1 Å². The van der Waals surface area contributed by atoms with Gasteiger partial charge in [-0.05, 0) is 48.4 Å². The van der Waals surface area contributed by atoms with Gasteiger partial charge in [0, 0.05) is 47.6 Å². The number of aryl methyl sites for hydroxylation is 1. The van der Waals surface area contributed by atoms with E-state index in [1.807, 2.05) is 30.7 Å². The highest BCUT2D eigenvalue weighted by Gasteiger charge is 2.45. The van der Waals surface area contributed by atoms with Crippen molar-refractivity contribution < 1.29 is 9.57 Å². The van der Waals surface area contributed by atoms with Gasteiger partial charge in [-0.25, -0.2) is 24.8 Å². The van der Waals surface area contributed by atoms with Crippen molar-refractivity contribution in [3.05, 3.63) is 70.4 Å². The first-order chi connectivity index (χ1) is 16.2. The third-order valence-corrected chi connectivity index (χ3v) is 7.93. The zero-order chi connectivity index (χ0) is 21.7. The Morgan fingerprint density at radius 3 is 3.12 bits per heavy atom. The highest BCUT2D eigenvalue weighted by molar-refractivity contribution is 7.16. The van der Waals surface area contributed by atoms with E-state index in [0.29, 0.717) is 12.5 Å². The molecule has 0 fully saturated rings. The van der Waals surface area contributed by atoms with Crippen LogP contribution in [0.5, 0.6) is 5.75 Å². The number of benzene rings is 1. The third-order valence-electron chi connectivity index (χ3n) is 7.11. The van der Waals surface area contributed by atoms with E-state index in [-0.39, 0.29) is 12.2 Å². The van der Waals surface area contributed by atoms with Crippen LogP contribution in [0, 0.1) is 6.92 Å². The Labute approximate surface area is 193 Å². The predicted octanol–water partition coefficient (Wildman–Crippen LogP) is 4.39. The van der Waals surface area contributed by atoms with Gasteiger partial charge in [-0.2, -0.15) is 0 Å². The van der Waals surface area contributed by atoms with Crippen LogP contribution in [0.15, 0.2) is 47.9 Å². The van der Waals surface area contributed by atoms with Crippen LogP contribution in [0.2, 0.25) is 0 Å². The van der Waals surface area contributed by atoms with Crippen molar-refractivity contribution in [1.82, 2.24) is 24.7 Å². The molecule has 9 heteroatoms. The molecule has 0 radical (unpaired) electrons. The van der Waals surface area contributed by atoms with Gasteiger partial charge in [0.25, 0.3) is 0 Å². The smallest absolute Gasteiger partial charge is 0.247 e. The third kappa shape index (κ3) is 2.44. The number of hydroxylamine groups is 1. The van der Waals surface area contributed by atoms with Crippen molar-refractivity contribution in [1.29, 1.82) is 0 Å². The van der Waals surface area contributed by atoms with Gasteiger partial charge in [0.2, 0.25) is 12.2 Å². The molecule has 6 heterocycles. The minimum absolute atomic E-state index is 0.267. The van der Waals surface area contributed by atoms with Gasteiger partial charge in [0.15, 0.2) is 5.75 Å². The van der Waals surface area contributed by atoms with Gasteiger partial charge < -0.3 is 9.30 Å². The van der Waals surface area contributed by atoms with Crippen LogP contribution in [0.1, 0.15) is 41.3 Å². The van der Waals surface area contributed by atoms with Crippen LogP contribution < -0.4 is 9.75 Å². The van der Waals surface area contributed by atoms with Crippen molar-refractivity contribution in [2.24, 2.45) is 0 Å². The topological polar surface area (TPSA) is 68.5 Å². The zero-order valence-electron chi connectivity index (χ0n) is 17.9. The average Bonchev–Trinajstić information content (AvgIpc) is 3.59. The number of thiophene rings is 1. The van der Waals surface area contributed by atoms with Crippen LogP contribution in [0.3, 0.4) is 0 Å². The first kappa shape index (κ1) is 18.2. The van der Waals surface area contributed by atoms with Crippen LogP contribution in [0.4, 0.5) is 5.95 Å². The molecule has 3 aromatic heterocycles. The Hall–Kier alpha value is -3.27. The average molecular weight is 457 g/mol. The molecule has 0 amide bonds. The van der Waals surface area contributed by atoms with Gasteiger partial charge in [0.05, 0.1) is 12.2 Å². The van der Waals surface area contributed by atoms with E-state index in [1.165, 1.54) is 22.4 Å². The maximum atomic E-state index is 6.48. The molecule has 0 spiro atoms. The van der Waals surface area contributed by atoms with Crippen molar-refractivity contribution >= 4 is 27.5 Å². The molecule has 8 nitrogen and oxygen atoms in total. The van der Waals surface area contributed by atoms with Crippen molar-refractivity contribution in [3.8, 4) is 11.4 Å². The molecule has 3 aliphatic heterocycles. The van der Waals surface area contributed by atoms with E-state index in [4.69, 9.17) is 19.5 Å². The Balaban J connectivity index is 1.36. The maximum absolute atomic E-state index is 6.48. The molecule has 1 aliphatic carbocycles. The Morgan fingerprint density at radius 1 is 1.24 bits per heavy atom. The summed E-state index contributed by atoms with van der Waals surface area (Å²) in [6.07, 6.45) is 10.5. The summed E-state index contributed by atoms with van der Waals surface area (Å²) < 4.78 is 8.54. The normalized spacial score (nSPS) is 24.6. The molecule has 0 saturated carbocycles. The molecule has 33 heavy (non-hydrogen) atoms. The second kappa shape index (κ2) is 6.40. The molecule has 4 aliphatic rings. The van der Waals surface area contributed by atoms with Gasteiger partial charge in [-0.15, -0.1) is 11.3 Å². The van der Waals surface area contributed by atoms with Gasteiger partial charge in [0.1, 0.15) is 10.7 Å². The summed E-state index contributed by atoms with van der Waals surface area (Å²) in [6, 6.07) is 4.31. The van der Waals surface area contributed by atoms with Crippen molar-refractivity contribution in [2.75, 3.05) is 5.01 Å². The van der Waals surface area contributed by atoms with Crippen molar-refractivity contribution in [3.63, 3.8) is 0 Å². The maximum Gasteiger partial charge on any atom is 0.247 e. The number of hydrogen-bond donors (Lipinski definition) is 0. The summed E-state index contributed by atoms with van der Waals surface area (Å²) >= 11 is 1.63. The number of allylic oxidation sites excluding steroid dienone is 2. The first-order valence-electron chi connectivity index (χ1n) is 11.2. The van der Waals surface area contributed by atoms with Gasteiger partial charge in [-0.1, -0.05) is 11.2 Å². The molecule has 164 valence electrons. The molecule has 3 unspecified atom stereocenters. The van der Waals surface area contributed by atoms with E-state index in [9.17, 15) is 0 Å². The zero-order valence-corrected chi connectivity index (χ0v) is 18.7. The molecule has 3 atom stereocenters. The highest BCUT2D eigenvalue weighted by atomic mass is 32.1. The monoisotopic (exact) mass is 456 g/mol. The van der Waals surface area contributed by atoms with Crippen LogP contribution in [-0.4, -0.2) is 31.0 Å². The minimum Gasteiger partial charge on any atom is -0.460 e. The van der Waals surface area contributed by atoms with Crippen LogP contribution >= 0.6 is 11.3 Å². The number of imidazole rings is 1. The number of nitrogens with zero attached hydrogens (tertiary/aromatic N) is 6. The van der Waals surface area contributed by atoms with Crippen LogP contribution in [-0.2, 0) is 17.8 Å². The lowest BCUT2D eigenvalue weighted by atomic mass is 9.86. The van der Waals surface area contributed by atoms with E-state index < -0.39 is 0 Å². The number of ether oxygens (including phenoxy) is 1. The molecular weight excluding hydrogens is 436 g/mol. The summed E-state index contributed by atoms with van der Waals surface area (Å²) in [5, 5.41) is 7.10. The molecule has 5 bridgehead atoms. The van der Waals surface area contributed by atoms with Crippen LogP contribution in [0.25, 0.3) is 15.9 Å². The summed E-state index contributed by atoms with van der Waals surface area (Å²) in [4.78, 5) is 21.5. The van der Waals surface area contributed by atoms with E-state index in [0.717, 1.165) is 46.7 Å². The number of rotatable bonds is 2. The Bertz CT molecular complexity index is 1490.